The van der Waals surface area contributed by atoms with Crippen LogP contribution in [0, 0.1) is 12.7 Å². The number of halogens is 2. The SMILES string of the molecule is [CH2][C@H]1CO[C@H](CCc2c(F)cccc2NC(=O)[C@@H](N)[C@@H](c2ccc(Cl)cc2)c2ccnc3ccccc23)CN1. The molecule has 1 aromatic heterocycles. The summed E-state index contributed by atoms with van der Waals surface area (Å²) in [6.07, 6.45) is 2.67. The first kappa shape index (κ1) is 27.2. The first-order chi connectivity index (χ1) is 18.9. The lowest BCUT2D eigenvalue weighted by Crippen LogP contribution is -2.45. The second kappa shape index (κ2) is 12.2. The van der Waals surface area contributed by atoms with Crippen LogP contribution in [0.15, 0.2) is 79.0 Å². The normalized spacial score (nSPS) is 19.0. The van der Waals surface area contributed by atoms with Crippen LogP contribution in [-0.4, -0.2) is 42.2 Å². The highest BCUT2D eigenvalue weighted by Crippen LogP contribution is 2.33. The van der Waals surface area contributed by atoms with Crippen LogP contribution in [0.25, 0.3) is 10.9 Å². The Kier molecular flexibility index (Phi) is 8.53. The third kappa shape index (κ3) is 6.28. The Balaban J connectivity index is 1.42. The largest absolute Gasteiger partial charge is 0.375 e. The molecule has 4 aromatic rings. The van der Waals surface area contributed by atoms with E-state index < -0.39 is 17.9 Å². The van der Waals surface area contributed by atoms with Gasteiger partial charge in [-0.2, -0.15) is 0 Å². The highest BCUT2D eigenvalue weighted by molar-refractivity contribution is 6.30. The van der Waals surface area contributed by atoms with Gasteiger partial charge in [0.25, 0.3) is 0 Å². The molecule has 0 saturated carbocycles. The van der Waals surface area contributed by atoms with Crippen molar-refractivity contribution in [1.82, 2.24) is 10.3 Å². The van der Waals surface area contributed by atoms with Crippen molar-refractivity contribution >= 4 is 34.1 Å². The van der Waals surface area contributed by atoms with Gasteiger partial charge in [0.2, 0.25) is 5.91 Å². The molecule has 5 rings (SSSR count). The number of amides is 1. The van der Waals surface area contributed by atoms with Crippen molar-refractivity contribution in [3.63, 3.8) is 0 Å². The molecule has 1 aliphatic heterocycles. The second-order valence-electron chi connectivity index (χ2n) is 9.83. The van der Waals surface area contributed by atoms with Gasteiger partial charge in [-0.1, -0.05) is 48.0 Å². The van der Waals surface area contributed by atoms with E-state index in [0.29, 0.717) is 42.3 Å². The molecular formula is C31H31ClFN4O2. The molecule has 39 heavy (non-hydrogen) atoms. The number of aromatic nitrogens is 1. The predicted octanol–water partition coefficient (Wildman–Crippen LogP) is 5.25. The fourth-order valence-electron chi connectivity index (χ4n) is 5.10. The van der Waals surface area contributed by atoms with Crippen LogP contribution in [0.4, 0.5) is 10.1 Å². The van der Waals surface area contributed by atoms with Gasteiger partial charge in [-0.25, -0.2) is 4.39 Å². The summed E-state index contributed by atoms with van der Waals surface area (Å²) in [5, 5.41) is 7.68. The lowest BCUT2D eigenvalue weighted by Gasteiger charge is -2.28. The van der Waals surface area contributed by atoms with Crippen LogP contribution in [-0.2, 0) is 16.0 Å². The minimum atomic E-state index is -0.979. The first-order valence-electron chi connectivity index (χ1n) is 13.0. The Morgan fingerprint density at radius 3 is 2.72 bits per heavy atom. The van der Waals surface area contributed by atoms with E-state index >= 15 is 0 Å². The van der Waals surface area contributed by atoms with E-state index in [1.54, 1.807) is 30.5 Å². The number of anilines is 1. The number of carbonyl (C=O) groups excluding carboxylic acids is 1. The summed E-state index contributed by atoms with van der Waals surface area (Å²) in [5.41, 5.74) is 10.0. The van der Waals surface area contributed by atoms with E-state index in [9.17, 15) is 9.18 Å². The zero-order valence-corrected chi connectivity index (χ0v) is 22.2. The van der Waals surface area contributed by atoms with Crippen molar-refractivity contribution in [3.05, 3.63) is 113 Å². The van der Waals surface area contributed by atoms with Crippen LogP contribution in [0.5, 0.6) is 0 Å². The van der Waals surface area contributed by atoms with E-state index in [1.807, 2.05) is 42.5 Å². The molecule has 3 aromatic carbocycles. The number of carbonyl (C=O) groups is 1. The smallest absolute Gasteiger partial charge is 0.242 e. The summed E-state index contributed by atoms with van der Waals surface area (Å²) >= 11 is 6.16. The Hall–Kier alpha value is -3.36. The first-order valence-corrected chi connectivity index (χ1v) is 13.4. The number of nitrogens with two attached hydrogens (primary N) is 1. The summed E-state index contributed by atoms with van der Waals surface area (Å²) in [7, 11) is 0. The zero-order valence-electron chi connectivity index (χ0n) is 21.4. The summed E-state index contributed by atoms with van der Waals surface area (Å²) in [4.78, 5) is 18.1. The third-order valence-electron chi connectivity index (χ3n) is 7.17. The van der Waals surface area contributed by atoms with E-state index in [1.165, 1.54) is 6.07 Å². The van der Waals surface area contributed by atoms with Crippen molar-refractivity contribution in [2.75, 3.05) is 18.5 Å². The fraction of sp³-hybridized carbons (Fsp3) is 0.258. The quantitative estimate of drug-likeness (QED) is 0.281. The highest BCUT2D eigenvalue weighted by Gasteiger charge is 2.30. The van der Waals surface area contributed by atoms with Crippen LogP contribution in [0.3, 0.4) is 0 Å². The molecule has 6 nitrogen and oxygen atoms in total. The molecule has 1 radical (unpaired) electrons. The summed E-state index contributed by atoms with van der Waals surface area (Å²) in [5.74, 6) is -1.29. The maximum Gasteiger partial charge on any atom is 0.242 e. The van der Waals surface area contributed by atoms with E-state index in [2.05, 4.69) is 22.5 Å². The number of pyridine rings is 1. The Labute approximate surface area is 232 Å². The average molecular weight is 546 g/mol. The average Bonchev–Trinajstić information content (AvgIpc) is 2.95. The van der Waals surface area contributed by atoms with Crippen LogP contribution >= 0.6 is 11.6 Å². The zero-order chi connectivity index (χ0) is 27.4. The molecular weight excluding hydrogens is 515 g/mol. The molecule has 0 unspecified atom stereocenters. The highest BCUT2D eigenvalue weighted by atomic mass is 35.5. The number of ether oxygens (including phenoxy) is 1. The molecule has 201 valence electrons. The van der Waals surface area contributed by atoms with Crippen LogP contribution in [0.1, 0.15) is 29.0 Å². The van der Waals surface area contributed by atoms with Gasteiger partial charge in [0, 0.05) is 46.4 Å². The lowest BCUT2D eigenvalue weighted by atomic mass is 9.83. The predicted molar refractivity (Wildman–Crippen MR) is 153 cm³/mol. The number of nitrogens with one attached hydrogen (secondary N) is 2. The number of benzene rings is 3. The van der Waals surface area contributed by atoms with Gasteiger partial charge in [-0.3, -0.25) is 9.78 Å². The molecule has 2 heterocycles. The maximum atomic E-state index is 15.0. The molecule has 1 aliphatic rings. The van der Waals surface area contributed by atoms with Gasteiger partial charge in [0.05, 0.1) is 24.3 Å². The molecule has 1 amide bonds. The summed E-state index contributed by atoms with van der Waals surface area (Å²) in [6.45, 7) is 5.10. The van der Waals surface area contributed by atoms with Gasteiger partial charge in [0.1, 0.15) is 5.82 Å². The summed E-state index contributed by atoms with van der Waals surface area (Å²) in [6, 6.07) is 20.7. The number of morpholine rings is 1. The van der Waals surface area contributed by atoms with Crippen LogP contribution < -0.4 is 16.4 Å². The molecule has 1 fully saturated rings. The van der Waals surface area contributed by atoms with Crippen LogP contribution in [0.2, 0.25) is 5.02 Å². The van der Waals surface area contributed by atoms with Crippen molar-refractivity contribution in [2.24, 2.45) is 5.73 Å². The number of rotatable bonds is 8. The molecule has 0 aliphatic carbocycles. The minimum Gasteiger partial charge on any atom is -0.375 e. The van der Waals surface area contributed by atoms with Gasteiger partial charge in [-0.15, -0.1) is 0 Å². The number of para-hydroxylation sites is 1. The van der Waals surface area contributed by atoms with Crippen molar-refractivity contribution < 1.29 is 13.9 Å². The van der Waals surface area contributed by atoms with Gasteiger partial charge >= 0.3 is 0 Å². The number of hydrogen-bond acceptors (Lipinski definition) is 5. The monoisotopic (exact) mass is 545 g/mol. The molecule has 1 saturated heterocycles. The van der Waals surface area contributed by atoms with Crippen molar-refractivity contribution in [1.29, 1.82) is 0 Å². The van der Waals surface area contributed by atoms with Crippen molar-refractivity contribution in [2.45, 2.75) is 36.9 Å². The topological polar surface area (TPSA) is 89.3 Å². The van der Waals surface area contributed by atoms with Crippen molar-refractivity contribution in [3.8, 4) is 0 Å². The fourth-order valence-corrected chi connectivity index (χ4v) is 5.22. The van der Waals surface area contributed by atoms with E-state index in [0.717, 1.165) is 22.0 Å². The van der Waals surface area contributed by atoms with Gasteiger partial charge < -0.3 is 21.1 Å². The summed E-state index contributed by atoms with van der Waals surface area (Å²) < 4.78 is 20.8. The maximum absolute atomic E-state index is 15.0. The standard InChI is InChI=1S/C31H31ClFN4O2/c1-19-18-39-22(17-36-19)13-14-25-26(33)6-4-8-28(25)37-31(38)30(34)29(20-9-11-21(32)12-10-20)24-15-16-35-27-7-3-2-5-23(24)27/h2-12,15-16,19,22,29-30,36H,1,13-14,17-18,34H2,(H,37,38)/t19-,22+,29-,30-/m0/s1. The third-order valence-corrected chi connectivity index (χ3v) is 7.42. The Morgan fingerprint density at radius 2 is 1.95 bits per heavy atom. The van der Waals surface area contributed by atoms with E-state index in [4.69, 9.17) is 22.1 Å². The second-order valence-corrected chi connectivity index (χ2v) is 10.3. The van der Waals surface area contributed by atoms with E-state index in [-0.39, 0.29) is 18.0 Å². The molecule has 0 bridgehead atoms. The molecule has 4 atom stereocenters. The van der Waals surface area contributed by atoms with Gasteiger partial charge in [0.15, 0.2) is 0 Å². The molecule has 4 N–H and O–H groups in total. The van der Waals surface area contributed by atoms with Gasteiger partial charge in [-0.05, 0) is 67.3 Å². The number of nitrogens with zero attached hydrogens (tertiary/aromatic N) is 1. The number of fused-ring (bicyclic) bond motifs is 1. The Bertz CT molecular complexity index is 1440. The Morgan fingerprint density at radius 1 is 1.15 bits per heavy atom. The number of hydrogen-bond donors (Lipinski definition) is 3. The minimum absolute atomic E-state index is 0.0529. The molecule has 0 spiro atoms. The molecule has 8 heteroatoms. The lowest BCUT2D eigenvalue weighted by molar-refractivity contribution is -0.117.